The SMILES string of the molecule is Cn1ncnc1CN1CCC(C)(C(=O)O)C1. The van der Waals surface area contributed by atoms with E-state index in [9.17, 15) is 4.79 Å². The molecule has 2 rings (SSSR count). The topological polar surface area (TPSA) is 71.2 Å². The van der Waals surface area contributed by atoms with Crippen molar-refractivity contribution in [3.8, 4) is 0 Å². The molecule has 16 heavy (non-hydrogen) atoms. The lowest BCUT2D eigenvalue weighted by Crippen LogP contribution is -2.32. The Hall–Kier alpha value is -1.43. The lowest BCUT2D eigenvalue weighted by Gasteiger charge is -2.19. The van der Waals surface area contributed by atoms with Crippen molar-refractivity contribution in [3.05, 3.63) is 12.2 Å². The van der Waals surface area contributed by atoms with Crippen LogP contribution in [0.3, 0.4) is 0 Å². The molecule has 0 saturated carbocycles. The molecule has 1 aromatic rings. The van der Waals surface area contributed by atoms with Gasteiger partial charge in [0.05, 0.1) is 12.0 Å². The summed E-state index contributed by atoms with van der Waals surface area (Å²) < 4.78 is 1.72. The fraction of sp³-hybridized carbons (Fsp3) is 0.700. The molecular formula is C10H16N4O2. The van der Waals surface area contributed by atoms with Gasteiger partial charge in [0.15, 0.2) is 0 Å². The highest BCUT2D eigenvalue weighted by atomic mass is 16.4. The van der Waals surface area contributed by atoms with Crippen molar-refractivity contribution in [1.29, 1.82) is 0 Å². The highest BCUT2D eigenvalue weighted by molar-refractivity contribution is 5.74. The summed E-state index contributed by atoms with van der Waals surface area (Å²) >= 11 is 0. The minimum absolute atomic E-state index is 0.579. The molecule has 1 atom stereocenters. The number of nitrogens with zero attached hydrogens (tertiary/aromatic N) is 4. The van der Waals surface area contributed by atoms with E-state index in [-0.39, 0.29) is 0 Å². The molecule has 1 N–H and O–H groups in total. The first-order chi connectivity index (χ1) is 7.51. The van der Waals surface area contributed by atoms with Crippen molar-refractivity contribution >= 4 is 5.97 Å². The Balaban J connectivity index is 2.00. The number of aromatic nitrogens is 3. The number of carboxylic acids is 1. The van der Waals surface area contributed by atoms with Gasteiger partial charge in [-0.1, -0.05) is 0 Å². The molecule has 2 heterocycles. The van der Waals surface area contributed by atoms with Crippen LogP contribution in [0.25, 0.3) is 0 Å². The maximum absolute atomic E-state index is 11.1. The van der Waals surface area contributed by atoms with E-state index < -0.39 is 11.4 Å². The summed E-state index contributed by atoms with van der Waals surface area (Å²) in [6, 6.07) is 0. The monoisotopic (exact) mass is 224 g/mol. The second-order valence-electron chi connectivity index (χ2n) is 4.63. The van der Waals surface area contributed by atoms with Gasteiger partial charge >= 0.3 is 5.97 Å². The largest absolute Gasteiger partial charge is 0.481 e. The number of aliphatic carboxylic acids is 1. The van der Waals surface area contributed by atoms with Crippen LogP contribution < -0.4 is 0 Å². The van der Waals surface area contributed by atoms with Crippen LogP contribution in [-0.2, 0) is 18.4 Å². The minimum atomic E-state index is -0.715. The summed E-state index contributed by atoms with van der Waals surface area (Å²) in [6.07, 6.45) is 2.21. The van der Waals surface area contributed by atoms with Crippen molar-refractivity contribution in [3.63, 3.8) is 0 Å². The van der Waals surface area contributed by atoms with E-state index in [2.05, 4.69) is 15.0 Å². The summed E-state index contributed by atoms with van der Waals surface area (Å²) in [5.41, 5.74) is -0.613. The molecule has 0 radical (unpaired) electrons. The normalized spacial score (nSPS) is 26.1. The number of hydrogen-bond donors (Lipinski definition) is 1. The van der Waals surface area contributed by atoms with E-state index in [4.69, 9.17) is 5.11 Å². The average Bonchev–Trinajstić information content (AvgIpc) is 2.77. The van der Waals surface area contributed by atoms with Gasteiger partial charge in [-0.2, -0.15) is 5.10 Å². The molecule has 6 nitrogen and oxygen atoms in total. The predicted octanol–water partition coefficient (Wildman–Crippen LogP) is 0.112. The van der Waals surface area contributed by atoms with Crippen molar-refractivity contribution in [2.24, 2.45) is 12.5 Å². The summed E-state index contributed by atoms with van der Waals surface area (Å²) in [7, 11) is 1.84. The number of carboxylic acid groups (broad SMARTS) is 1. The molecule has 1 unspecified atom stereocenters. The fourth-order valence-electron chi connectivity index (χ4n) is 2.03. The Labute approximate surface area is 93.9 Å². The molecule has 0 aliphatic carbocycles. The van der Waals surface area contributed by atoms with Gasteiger partial charge in [0, 0.05) is 13.6 Å². The van der Waals surface area contributed by atoms with E-state index in [1.807, 2.05) is 7.05 Å². The van der Waals surface area contributed by atoms with E-state index in [1.165, 1.54) is 6.33 Å². The Morgan fingerprint density at radius 1 is 1.69 bits per heavy atom. The number of aryl methyl sites for hydroxylation is 1. The van der Waals surface area contributed by atoms with Gasteiger partial charge in [0.1, 0.15) is 12.2 Å². The van der Waals surface area contributed by atoms with E-state index in [0.717, 1.165) is 12.4 Å². The maximum Gasteiger partial charge on any atom is 0.310 e. The lowest BCUT2D eigenvalue weighted by molar-refractivity contribution is -0.147. The van der Waals surface area contributed by atoms with Crippen molar-refractivity contribution in [2.45, 2.75) is 19.9 Å². The third-order valence-corrected chi connectivity index (χ3v) is 3.24. The number of hydrogen-bond acceptors (Lipinski definition) is 4. The first kappa shape index (κ1) is 11.1. The van der Waals surface area contributed by atoms with Gasteiger partial charge < -0.3 is 5.11 Å². The molecule has 1 aliphatic rings. The van der Waals surface area contributed by atoms with Crippen LogP contribution in [0.15, 0.2) is 6.33 Å². The van der Waals surface area contributed by atoms with Crippen LogP contribution in [0.1, 0.15) is 19.2 Å². The third kappa shape index (κ3) is 1.92. The Morgan fingerprint density at radius 3 is 2.94 bits per heavy atom. The van der Waals surface area contributed by atoms with Gasteiger partial charge in [-0.15, -0.1) is 0 Å². The molecular weight excluding hydrogens is 208 g/mol. The number of carbonyl (C=O) groups is 1. The van der Waals surface area contributed by atoms with E-state index >= 15 is 0 Å². The lowest BCUT2D eigenvalue weighted by atomic mass is 9.90. The zero-order valence-electron chi connectivity index (χ0n) is 9.55. The fourth-order valence-corrected chi connectivity index (χ4v) is 2.03. The Morgan fingerprint density at radius 2 is 2.44 bits per heavy atom. The van der Waals surface area contributed by atoms with Gasteiger partial charge in [-0.25, -0.2) is 4.98 Å². The molecule has 1 aliphatic heterocycles. The molecule has 1 fully saturated rings. The predicted molar refractivity (Wildman–Crippen MR) is 56.6 cm³/mol. The van der Waals surface area contributed by atoms with Crippen molar-refractivity contribution in [2.75, 3.05) is 13.1 Å². The van der Waals surface area contributed by atoms with Crippen LogP contribution >= 0.6 is 0 Å². The van der Waals surface area contributed by atoms with Crippen LogP contribution in [0.2, 0.25) is 0 Å². The maximum atomic E-state index is 11.1. The van der Waals surface area contributed by atoms with Crippen LogP contribution in [0.5, 0.6) is 0 Å². The standard InChI is InChI=1S/C10H16N4O2/c1-10(9(15)16)3-4-14(6-10)5-8-11-7-12-13(8)2/h7H,3-6H2,1-2H3,(H,15,16). The molecule has 0 spiro atoms. The molecule has 6 heteroatoms. The van der Waals surface area contributed by atoms with Crippen molar-refractivity contribution < 1.29 is 9.90 Å². The van der Waals surface area contributed by atoms with Gasteiger partial charge in [-0.05, 0) is 19.9 Å². The quantitative estimate of drug-likeness (QED) is 0.789. The third-order valence-electron chi connectivity index (χ3n) is 3.24. The number of rotatable bonds is 3. The number of likely N-dealkylation sites (tertiary alicyclic amines) is 1. The zero-order chi connectivity index (χ0) is 11.8. The van der Waals surface area contributed by atoms with E-state index in [0.29, 0.717) is 19.5 Å². The molecule has 1 saturated heterocycles. The van der Waals surface area contributed by atoms with Crippen LogP contribution in [0.4, 0.5) is 0 Å². The molecule has 0 aromatic carbocycles. The molecule has 88 valence electrons. The Kier molecular flexibility index (Phi) is 2.67. The summed E-state index contributed by atoms with van der Waals surface area (Å²) in [5, 5.41) is 13.1. The summed E-state index contributed by atoms with van der Waals surface area (Å²) in [5.74, 6) is 0.155. The first-order valence-electron chi connectivity index (χ1n) is 5.30. The Bertz CT molecular complexity index is 403. The molecule has 0 bridgehead atoms. The van der Waals surface area contributed by atoms with Crippen LogP contribution in [-0.4, -0.2) is 43.8 Å². The second-order valence-corrected chi connectivity index (χ2v) is 4.63. The second kappa shape index (κ2) is 3.86. The summed E-state index contributed by atoms with van der Waals surface area (Å²) in [4.78, 5) is 17.3. The van der Waals surface area contributed by atoms with Crippen LogP contribution in [0, 0.1) is 5.41 Å². The highest BCUT2D eigenvalue weighted by Gasteiger charge is 2.40. The zero-order valence-corrected chi connectivity index (χ0v) is 9.55. The average molecular weight is 224 g/mol. The minimum Gasteiger partial charge on any atom is -0.481 e. The van der Waals surface area contributed by atoms with Gasteiger partial charge in [0.2, 0.25) is 0 Å². The smallest absolute Gasteiger partial charge is 0.310 e. The molecule has 1 aromatic heterocycles. The van der Waals surface area contributed by atoms with Crippen molar-refractivity contribution in [1.82, 2.24) is 19.7 Å². The van der Waals surface area contributed by atoms with Gasteiger partial charge in [-0.3, -0.25) is 14.4 Å². The summed E-state index contributed by atoms with van der Waals surface area (Å²) in [6.45, 7) is 3.84. The highest BCUT2D eigenvalue weighted by Crippen LogP contribution is 2.30. The van der Waals surface area contributed by atoms with Gasteiger partial charge in [0.25, 0.3) is 0 Å². The molecule has 0 amide bonds. The van der Waals surface area contributed by atoms with E-state index in [1.54, 1.807) is 11.6 Å². The first-order valence-corrected chi connectivity index (χ1v) is 5.30.